The Morgan fingerprint density at radius 2 is 2.14 bits per heavy atom. The van der Waals surface area contributed by atoms with Gasteiger partial charge in [-0.05, 0) is 18.2 Å². The van der Waals surface area contributed by atoms with Gasteiger partial charge >= 0.3 is 0 Å². The molecule has 1 unspecified atom stereocenters. The SMILES string of the molecule is O=C(C/C=C/c1ccccc1F)NCC(O)c1ccco1. The fraction of sp³-hybridized carbons (Fsp3) is 0.188. The number of carbonyl (C=O) groups excluding carboxylic acids is 1. The van der Waals surface area contributed by atoms with Gasteiger partial charge in [-0.3, -0.25) is 4.79 Å². The van der Waals surface area contributed by atoms with Crippen molar-refractivity contribution in [3.8, 4) is 0 Å². The predicted octanol–water partition coefficient (Wildman–Crippen LogP) is 2.67. The van der Waals surface area contributed by atoms with Crippen molar-refractivity contribution in [3.05, 3.63) is 65.9 Å². The van der Waals surface area contributed by atoms with E-state index in [9.17, 15) is 14.3 Å². The second kappa shape index (κ2) is 7.40. The van der Waals surface area contributed by atoms with Gasteiger partial charge in [0.1, 0.15) is 17.7 Å². The lowest BCUT2D eigenvalue weighted by atomic mass is 10.2. The van der Waals surface area contributed by atoms with Crippen molar-refractivity contribution in [2.75, 3.05) is 6.54 Å². The summed E-state index contributed by atoms with van der Waals surface area (Å²) in [4.78, 5) is 11.6. The minimum atomic E-state index is -0.875. The van der Waals surface area contributed by atoms with E-state index < -0.39 is 6.10 Å². The van der Waals surface area contributed by atoms with Crippen LogP contribution in [0.1, 0.15) is 23.8 Å². The van der Waals surface area contributed by atoms with Crippen LogP contribution in [0, 0.1) is 5.82 Å². The third kappa shape index (κ3) is 4.57. The highest BCUT2D eigenvalue weighted by Crippen LogP contribution is 2.12. The highest BCUT2D eigenvalue weighted by molar-refractivity contribution is 5.78. The van der Waals surface area contributed by atoms with E-state index in [1.165, 1.54) is 12.3 Å². The molecule has 21 heavy (non-hydrogen) atoms. The third-order valence-corrected chi connectivity index (χ3v) is 2.87. The Bertz CT molecular complexity index is 608. The van der Waals surface area contributed by atoms with E-state index in [-0.39, 0.29) is 24.7 Å². The van der Waals surface area contributed by atoms with Gasteiger partial charge in [0, 0.05) is 12.0 Å². The zero-order valence-corrected chi connectivity index (χ0v) is 11.3. The van der Waals surface area contributed by atoms with Crippen molar-refractivity contribution < 1.29 is 18.7 Å². The Balaban J connectivity index is 1.76. The summed E-state index contributed by atoms with van der Waals surface area (Å²) in [5.74, 6) is -0.187. The van der Waals surface area contributed by atoms with Gasteiger partial charge in [-0.1, -0.05) is 30.4 Å². The van der Waals surface area contributed by atoms with Gasteiger partial charge in [-0.2, -0.15) is 0 Å². The zero-order valence-electron chi connectivity index (χ0n) is 11.3. The molecule has 0 aliphatic heterocycles. The maximum absolute atomic E-state index is 13.3. The average Bonchev–Trinajstić information content (AvgIpc) is 3.01. The Morgan fingerprint density at radius 1 is 1.33 bits per heavy atom. The van der Waals surface area contributed by atoms with Crippen LogP contribution in [0.2, 0.25) is 0 Å². The van der Waals surface area contributed by atoms with E-state index in [0.717, 1.165) is 0 Å². The van der Waals surface area contributed by atoms with E-state index >= 15 is 0 Å². The van der Waals surface area contributed by atoms with Crippen molar-refractivity contribution in [3.63, 3.8) is 0 Å². The minimum Gasteiger partial charge on any atom is -0.467 e. The number of carbonyl (C=O) groups is 1. The molecule has 0 fully saturated rings. The van der Waals surface area contributed by atoms with E-state index in [2.05, 4.69) is 5.32 Å². The minimum absolute atomic E-state index is 0.0693. The molecule has 0 saturated heterocycles. The van der Waals surface area contributed by atoms with Crippen LogP contribution >= 0.6 is 0 Å². The molecule has 2 N–H and O–H groups in total. The number of hydrogen-bond donors (Lipinski definition) is 2. The number of benzene rings is 1. The summed E-state index contributed by atoms with van der Waals surface area (Å²) in [5, 5.41) is 12.3. The van der Waals surface area contributed by atoms with Crippen LogP contribution < -0.4 is 5.32 Å². The summed E-state index contributed by atoms with van der Waals surface area (Å²) in [7, 11) is 0. The molecule has 1 heterocycles. The van der Waals surface area contributed by atoms with E-state index in [4.69, 9.17) is 4.42 Å². The largest absolute Gasteiger partial charge is 0.467 e. The highest BCUT2D eigenvalue weighted by Gasteiger charge is 2.11. The maximum atomic E-state index is 13.3. The van der Waals surface area contributed by atoms with Gasteiger partial charge in [0.2, 0.25) is 5.91 Å². The number of nitrogens with one attached hydrogen (secondary N) is 1. The number of amides is 1. The molecule has 4 nitrogen and oxygen atoms in total. The van der Waals surface area contributed by atoms with Gasteiger partial charge in [-0.15, -0.1) is 0 Å². The molecule has 0 aliphatic rings. The number of hydrogen-bond acceptors (Lipinski definition) is 3. The Morgan fingerprint density at radius 3 is 2.86 bits per heavy atom. The van der Waals surface area contributed by atoms with Crippen molar-refractivity contribution >= 4 is 12.0 Å². The fourth-order valence-corrected chi connectivity index (χ4v) is 1.77. The molecule has 1 atom stereocenters. The van der Waals surface area contributed by atoms with Crippen molar-refractivity contribution in [2.45, 2.75) is 12.5 Å². The fourth-order valence-electron chi connectivity index (χ4n) is 1.77. The zero-order chi connectivity index (χ0) is 15.1. The smallest absolute Gasteiger partial charge is 0.223 e. The predicted molar refractivity (Wildman–Crippen MR) is 76.7 cm³/mol. The molecule has 1 amide bonds. The normalized spacial score (nSPS) is 12.5. The van der Waals surface area contributed by atoms with Gasteiger partial charge in [0.15, 0.2) is 0 Å². The lowest BCUT2D eigenvalue weighted by Gasteiger charge is -2.08. The number of furan rings is 1. The number of aliphatic hydroxyl groups excluding tert-OH is 1. The summed E-state index contributed by atoms with van der Waals surface area (Å²) in [6.45, 7) is 0.0693. The highest BCUT2D eigenvalue weighted by atomic mass is 19.1. The quantitative estimate of drug-likeness (QED) is 0.859. The van der Waals surface area contributed by atoms with E-state index in [0.29, 0.717) is 11.3 Å². The number of aliphatic hydroxyl groups is 1. The van der Waals surface area contributed by atoms with E-state index in [1.807, 2.05) is 0 Å². The molecular weight excluding hydrogens is 273 g/mol. The molecule has 0 spiro atoms. The molecule has 5 heteroatoms. The molecule has 0 bridgehead atoms. The first-order valence-corrected chi connectivity index (χ1v) is 6.56. The van der Waals surface area contributed by atoms with Crippen LogP contribution in [-0.2, 0) is 4.79 Å². The molecule has 2 rings (SSSR count). The number of rotatable bonds is 6. The van der Waals surface area contributed by atoms with Crippen LogP contribution in [0.15, 0.2) is 53.2 Å². The Kier molecular flexibility index (Phi) is 5.29. The van der Waals surface area contributed by atoms with Gasteiger partial charge in [0.05, 0.1) is 12.8 Å². The lowest BCUT2D eigenvalue weighted by molar-refractivity contribution is -0.120. The van der Waals surface area contributed by atoms with Crippen LogP contribution in [0.5, 0.6) is 0 Å². The average molecular weight is 289 g/mol. The molecule has 0 radical (unpaired) electrons. The van der Waals surface area contributed by atoms with Crippen molar-refractivity contribution in [2.24, 2.45) is 0 Å². The van der Waals surface area contributed by atoms with Gasteiger partial charge in [0.25, 0.3) is 0 Å². The lowest BCUT2D eigenvalue weighted by Crippen LogP contribution is -2.27. The standard InChI is InChI=1S/C16H16FNO3/c17-13-7-2-1-5-12(13)6-3-9-16(20)18-11-14(19)15-8-4-10-21-15/h1-8,10,14,19H,9,11H2,(H,18,20)/b6-3+. The molecular formula is C16H16FNO3. The van der Waals surface area contributed by atoms with Crippen molar-refractivity contribution in [1.29, 1.82) is 0 Å². The molecule has 2 aromatic rings. The van der Waals surface area contributed by atoms with Crippen LogP contribution in [0.4, 0.5) is 4.39 Å². The summed E-state index contributed by atoms with van der Waals surface area (Å²) >= 11 is 0. The second-order valence-corrected chi connectivity index (χ2v) is 4.46. The molecule has 1 aromatic heterocycles. The first-order valence-electron chi connectivity index (χ1n) is 6.56. The monoisotopic (exact) mass is 289 g/mol. The molecule has 0 saturated carbocycles. The molecule has 0 aliphatic carbocycles. The molecule has 110 valence electrons. The van der Waals surface area contributed by atoms with Crippen molar-refractivity contribution in [1.82, 2.24) is 5.32 Å². The summed E-state index contributed by atoms with van der Waals surface area (Å²) in [6.07, 6.45) is 3.82. The summed E-state index contributed by atoms with van der Waals surface area (Å²) in [6, 6.07) is 9.62. The number of halogens is 1. The second-order valence-electron chi connectivity index (χ2n) is 4.46. The van der Waals surface area contributed by atoms with Crippen LogP contribution in [-0.4, -0.2) is 17.6 Å². The van der Waals surface area contributed by atoms with Crippen LogP contribution in [0.25, 0.3) is 6.08 Å². The third-order valence-electron chi connectivity index (χ3n) is 2.87. The summed E-state index contributed by atoms with van der Waals surface area (Å²) < 4.78 is 18.4. The topological polar surface area (TPSA) is 62.5 Å². The maximum Gasteiger partial charge on any atom is 0.223 e. The molecule has 1 aromatic carbocycles. The van der Waals surface area contributed by atoms with E-state index in [1.54, 1.807) is 42.5 Å². The first kappa shape index (κ1) is 15.0. The van der Waals surface area contributed by atoms with Gasteiger partial charge < -0.3 is 14.8 Å². The Hall–Kier alpha value is -2.40. The Labute approximate surface area is 121 Å². The first-order chi connectivity index (χ1) is 10.2. The summed E-state index contributed by atoms with van der Waals surface area (Å²) in [5.41, 5.74) is 0.431. The van der Waals surface area contributed by atoms with Crippen LogP contribution in [0.3, 0.4) is 0 Å². The van der Waals surface area contributed by atoms with Gasteiger partial charge in [-0.25, -0.2) is 4.39 Å².